The van der Waals surface area contributed by atoms with Crippen LogP contribution < -0.4 is 5.32 Å². The summed E-state index contributed by atoms with van der Waals surface area (Å²) in [5, 5.41) is 4.07. The normalized spacial score (nSPS) is 19.0. The predicted molar refractivity (Wildman–Crippen MR) is 124 cm³/mol. The third-order valence-electron chi connectivity index (χ3n) is 6.17. The third-order valence-corrected chi connectivity index (χ3v) is 7.39. The van der Waals surface area contributed by atoms with Crippen molar-refractivity contribution in [3.8, 4) is 11.1 Å². The second-order valence-corrected chi connectivity index (χ2v) is 9.34. The Hall–Kier alpha value is -2.23. The Bertz CT molecular complexity index is 993. The van der Waals surface area contributed by atoms with Crippen molar-refractivity contribution in [2.45, 2.75) is 43.0 Å². The van der Waals surface area contributed by atoms with E-state index in [1.54, 1.807) is 0 Å². The SMILES string of the molecule is Cc1c(-c2ccccc2)cccc1C1Nc2cc(CN3CCCCC3)ccc2S1. The summed E-state index contributed by atoms with van der Waals surface area (Å²) in [4.78, 5) is 3.96. The molecule has 0 aromatic heterocycles. The topological polar surface area (TPSA) is 15.3 Å². The van der Waals surface area contributed by atoms with Crippen LogP contribution in [0.5, 0.6) is 0 Å². The highest BCUT2D eigenvalue weighted by atomic mass is 32.2. The number of benzene rings is 3. The zero-order valence-electron chi connectivity index (χ0n) is 17.0. The lowest BCUT2D eigenvalue weighted by atomic mass is 9.96. The number of hydrogen-bond acceptors (Lipinski definition) is 3. The maximum Gasteiger partial charge on any atom is 0.103 e. The minimum atomic E-state index is 0.277. The first-order chi connectivity index (χ1) is 14.3. The molecule has 3 aromatic carbocycles. The van der Waals surface area contributed by atoms with Gasteiger partial charge in [-0.15, -0.1) is 0 Å². The van der Waals surface area contributed by atoms with Crippen molar-refractivity contribution in [3.63, 3.8) is 0 Å². The van der Waals surface area contributed by atoms with Crippen molar-refractivity contribution < 1.29 is 0 Å². The molecule has 1 saturated heterocycles. The van der Waals surface area contributed by atoms with Gasteiger partial charge in [0.2, 0.25) is 0 Å². The highest BCUT2D eigenvalue weighted by Gasteiger charge is 2.25. The highest BCUT2D eigenvalue weighted by Crippen LogP contribution is 2.48. The molecule has 1 unspecified atom stereocenters. The molecule has 2 nitrogen and oxygen atoms in total. The second kappa shape index (κ2) is 8.25. The molecular formula is C26H28N2S. The molecule has 0 bridgehead atoms. The Morgan fingerprint density at radius 3 is 2.59 bits per heavy atom. The van der Waals surface area contributed by atoms with Crippen LogP contribution in [-0.4, -0.2) is 18.0 Å². The summed E-state index contributed by atoms with van der Waals surface area (Å²) in [6.45, 7) is 5.82. The summed E-state index contributed by atoms with van der Waals surface area (Å²) in [5.74, 6) is 0. The smallest absolute Gasteiger partial charge is 0.103 e. The van der Waals surface area contributed by atoms with Crippen LogP contribution in [0.25, 0.3) is 11.1 Å². The first-order valence-electron chi connectivity index (χ1n) is 10.7. The summed E-state index contributed by atoms with van der Waals surface area (Å²) in [6, 6.07) is 24.4. The molecule has 0 spiro atoms. The molecule has 3 aromatic rings. The number of fused-ring (bicyclic) bond motifs is 1. The largest absolute Gasteiger partial charge is 0.368 e. The van der Waals surface area contributed by atoms with Crippen LogP contribution in [0.3, 0.4) is 0 Å². The van der Waals surface area contributed by atoms with E-state index < -0.39 is 0 Å². The van der Waals surface area contributed by atoms with Gasteiger partial charge in [-0.1, -0.05) is 72.8 Å². The van der Waals surface area contributed by atoms with E-state index in [-0.39, 0.29) is 5.37 Å². The Morgan fingerprint density at radius 2 is 1.76 bits per heavy atom. The zero-order chi connectivity index (χ0) is 19.6. The molecule has 3 heteroatoms. The number of likely N-dealkylation sites (tertiary alicyclic amines) is 1. The molecule has 5 rings (SSSR count). The van der Waals surface area contributed by atoms with E-state index in [0.29, 0.717) is 0 Å². The third kappa shape index (κ3) is 3.94. The molecule has 1 fully saturated rings. The van der Waals surface area contributed by atoms with Crippen molar-refractivity contribution in [1.82, 2.24) is 4.90 Å². The Kier molecular flexibility index (Phi) is 5.34. The molecule has 1 atom stereocenters. The zero-order valence-corrected chi connectivity index (χ0v) is 17.8. The fraction of sp³-hybridized carbons (Fsp3) is 0.308. The molecule has 29 heavy (non-hydrogen) atoms. The van der Waals surface area contributed by atoms with Gasteiger partial charge >= 0.3 is 0 Å². The van der Waals surface area contributed by atoms with E-state index >= 15 is 0 Å². The number of thioether (sulfide) groups is 1. The van der Waals surface area contributed by atoms with Crippen LogP contribution in [0.15, 0.2) is 71.6 Å². The minimum Gasteiger partial charge on any atom is -0.368 e. The summed E-state index contributed by atoms with van der Waals surface area (Å²) < 4.78 is 0. The summed E-state index contributed by atoms with van der Waals surface area (Å²) in [7, 11) is 0. The Morgan fingerprint density at radius 1 is 0.931 bits per heavy atom. The van der Waals surface area contributed by atoms with Gasteiger partial charge in [0.15, 0.2) is 0 Å². The standard InChI is InChI=1S/C26H28N2S/c1-19-22(21-9-4-2-5-10-21)11-8-12-23(19)26-27-24-17-20(13-14-25(24)29-26)18-28-15-6-3-7-16-28/h2,4-5,8-14,17,26-27H,3,6-7,15-16,18H2,1H3. The number of rotatable bonds is 4. The summed E-state index contributed by atoms with van der Waals surface area (Å²) in [6.07, 6.45) is 4.08. The summed E-state index contributed by atoms with van der Waals surface area (Å²) in [5.41, 5.74) is 8.08. The highest BCUT2D eigenvalue weighted by molar-refractivity contribution is 8.00. The maximum absolute atomic E-state index is 3.79. The van der Waals surface area contributed by atoms with E-state index in [0.717, 1.165) is 6.54 Å². The van der Waals surface area contributed by atoms with E-state index in [1.165, 1.54) is 70.8 Å². The number of piperidine rings is 1. The van der Waals surface area contributed by atoms with Crippen molar-refractivity contribution >= 4 is 17.4 Å². The van der Waals surface area contributed by atoms with E-state index in [4.69, 9.17) is 0 Å². The molecule has 0 radical (unpaired) electrons. The predicted octanol–water partition coefficient (Wildman–Crippen LogP) is 6.86. The average Bonchev–Trinajstić information content (AvgIpc) is 3.18. The van der Waals surface area contributed by atoms with Gasteiger partial charge in [-0.25, -0.2) is 0 Å². The lowest BCUT2D eigenvalue weighted by Gasteiger charge is -2.26. The number of hydrogen-bond donors (Lipinski definition) is 1. The van der Waals surface area contributed by atoms with Crippen LogP contribution in [0, 0.1) is 6.92 Å². The maximum atomic E-state index is 3.79. The molecule has 148 valence electrons. The van der Waals surface area contributed by atoms with Crippen molar-refractivity contribution in [2.75, 3.05) is 18.4 Å². The lowest BCUT2D eigenvalue weighted by molar-refractivity contribution is 0.221. The molecule has 1 N–H and O–H groups in total. The van der Waals surface area contributed by atoms with Crippen molar-refractivity contribution in [1.29, 1.82) is 0 Å². The first kappa shape index (κ1) is 18.8. The van der Waals surface area contributed by atoms with Gasteiger partial charge in [0, 0.05) is 17.1 Å². The molecule has 2 aliphatic rings. The van der Waals surface area contributed by atoms with E-state index in [9.17, 15) is 0 Å². The quantitative estimate of drug-likeness (QED) is 0.515. The molecule has 0 amide bonds. The fourth-order valence-electron chi connectivity index (χ4n) is 4.57. The van der Waals surface area contributed by atoms with E-state index in [1.807, 2.05) is 11.8 Å². The van der Waals surface area contributed by atoms with Gasteiger partial charge in [0.1, 0.15) is 5.37 Å². The number of anilines is 1. The van der Waals surface area contributed by atoms with Crippen LogP contribution in [0.1, 0.15) is 41.3 Å². The van der Waals surface area contributed by atoms with E-state index in [2.05, 4.69) is 83.9 Å². The molecule has 2 heterocycles. The van der Waals surface area contributed by atoms with Crippen LogP contribution in [-0.2, 0) is 6.54 Å². The Balaban J connectivity index is 1.36. The lowest BCUT2D eigenvalue weighted by Crippen LogP contribution is -2.29. The fourth-order valence-corrected chi connectivity index (χ4v) is 5.79. The van der Waals surface area contributed by atoms with Crippen LogP contribution >= 0.6 is 11.8 Å². The Labute approximate surface area is 178 Å². The number of nitrogens with zero attached hydrogens (tertiary/aromatic N) is 1. The van der Waals surface area contributed by atoms with Gasteiger partial charge < -0.3 is 5.32 Å². The van der Waals surface area contributed by atoms with Crippen LogP contribution in [0.4, 0.5) is 5.69 Å². The monoisotopic (exact) mass is 400 g/mol. The van der Waals surface area contributed by atoms with Crippen molar-refractivity contribution in [3.05, 3.63) is 83.4 Å². The molecule has 2 aliphatic heterocycles. The van der Waals surface area contributed by atoms with Gasteiger partial charge in [-0.3, -0.25) is 4.90 Å². The first-order valence-corrected chi connectivity index (χ1v) is 11.6. The second-order valence-electron chi connectivity index (χ2n) is 8.20. The van der Waals surface area contributed by atoms with Gasteiger partial charge in [0.05, 0.1) is 0 Å². The minimum absolute atomic E-state index is 0.277. The summed E-state index contributed by atoms with van der Waals surface area (Å²) >= 11 is 1.94. The van der Waals surface area contributed by atoms with Gasteiger partial charge in [-0.2, -0.15) is 0 Å². The molecule has 0 saturated carbocycles. The molecule has 0 aliphatic carbocycles. The van der Waals surface area contributed by atoms with Crippen LogP contribution in [0.2, 0.25) is 0 Å². The average molecular weight is 401 g/mol. The van der Waals surface area contributed by atoms with Gasteiger partial charge in [-0.05, 0) is 72.8 Å². The number of nitrogens with one attached hydrogen (secondary N) is 1. The van der Waals surface area contributed by atoms with Crippen molar-refractivity contribution in [2.24, 2.45) is 0 Å². The van der Waals surface area contributed by atoms with Gasteiger partial charge in [0.25, 0.3) is 0 Å². The molecular weight excluding hydrogens is 372 g/mol.